The average molecular weight is 576 g/mol. The van der Waals surface area contributed by atoms with Gasteiger partial charge >= 0.3 is 0 Å². The topological polar surface area (TPSA) is 24.7 Å². The molecular weight excluding hydrogens is 519 g/mol. The maximum absolute atomic E-state index is 5.16. The number of benzene rings is 2. The summed E-state index contributed by atoms with van der Waals surface area (Å²) in [5.74, 6) is 0. The fraction of sp³-hybridized carbons (Fsp3) is 0.611. The average Bonchev–Trinajstić information content (AvgIpc) is 2.94. The molecule has 39 heavy (non-hydrogen) atoms. The Balaban J connectivity index is 0.00000760. The van der Waals surface area contributed by atoms with Crippen molar-refractivity contribution in [1.82, 2.24) is 0 Å². The Morgan fingerprint density at radius 2 is 1.00 bits per heavy atom. The molecule has 0 spiro atoms. The Bertz CT molecular complexity index is 976. The summed E-state index contributed by atoms with van der Waals surface area (Å²) in [4.78, 5) is 10.1. The Morgan fingerprint density at radius 3 is 1.51 bits per heavy atom. The summed E-state index contributed by atoms with van der Waals surface area (Å²) in [6.07, 6.45) is 22.6. The number of unbranched alkanes of at least 4 members (excludes halogenated alkanes) is 7. The van der Waals surface area contributed by atoms with Crippen LogP contribution in [0.15, 0.2) is 46.4 Å². The van der Waals surface area contributed by atoms with Gasteiger partial charge in [-0.25, -0.2) is 0 Å². The maximum Gasteiger partial charge on any atom is 0.0636 e. The van der Waals surface area contributed by atoms with Gasteiger partial charge < -0.3 is 0 Å². The number of rotatable bonds is 20. The molecule has 0 aromatic heterocycles. The van der Waals surface area contributed by atoms with Crippen molar-refractivity contribution >= 4 is 23.3 Å². The molecule has 0 fully saturated rings. The van der Waals surface area contributed by atoms with Gasteiger partial charge in [-0.05, 0) is 111 Å². The smallest absolute Gasteiger partial charge is 0.0636 e. The quantitative estimate of drug-likeness (QED) is 0.0852. The number of aliphatic imine (C=N–C) groups is 2. The molecule has 0 aliphatic carbocycles. The molecule has 0 saturated heterocycles. The van der Waals surface area contributed by atoms with Crippen LogP contribution in [0.25, 0.3) is 0 Å². The molecule has 2 rings (SSSR count). The molecule has 2 aromatic rings. The largest absolute Gasteiger partial charge is 0.255 e. The van der Waals surface area contributed by atoms with E-state index >= 15 is 0 Å². The standard InChI is InChI=1S/C36H56N2.Ni/c1-6-11-16-17-22-36(38-35-26-24-31(19-13-8-3)33(28-35)21-15-10-5)29-37-34-25-23-30(18-12-7-2)32(27-34)20-14-9-4;/h23-29H,6-22H2,1-5H3;/b37-29+,38-36+;. The third-order valence-electron chi connectivity index (χ3n) is 7.50. The van der Waals surface area contributed by atoms with Crippen molar-refractivity contribution in [2.24, 2.45) is 9.98 Å². The Labute approximate surface area is 251 Å². The van der Waals surface area contributed by atoms with E-state index in [0.717, 1.165) is 36.3 Å². The van der Waals surface area contributed by atoms with Gasteiger partial charge in [0.1, 0.15) is 0 Å². The van der Waals surface area contributed by atoms with Crippen LogP contribution < -0.4 is 0 Å². The fourth-order valence-electron chi connectivity index (χ4n) is 4.99. The predicted molar refractivity (Wildman–Crippen MR) is 171 cm³/mol. The van der Waals surface area contributed by atoms with E-state index in [9.17, 15) is 0 Å². The molecule has 0 unspecified atom stereocenters. The summed E-state index contributed by atoms with van der Waals surface area (Å²) in [5, 5.41) is 0. The normalized spacial score (nSPS) is 11.8. The van der Waals surface area contributed by atoms with Gasteiger partial charge in [0, 0.05) is 22.7 Å². The number of nitrogens with zero attached hydrogens (tertiary/aromatic N) is 2. The van der Waals surface area contributed by atoms with Gasteiger partial charge in [-0.3, -0.25) is 9.98 Å². The molecule has 0 aliphatic rings. The van der Waals surface area contributed by atoms with E-state index in [1.54, 1.807) is 0 Å². The van der Waals surface area contributed by atoms with Gasteiger partial charge in [0.25, 0.3) is 0 Å². The van der Waals surface area contributed by atoms with Gasteiger partial charge in [0.2, 0.25) is 0 Å². The van der Waals surface area contributed by atoms with Gasteiger partial charge in [-0.1, -0.05) is 91.7 Å². The van der Waals surface area contributed by atoms with E-state index < -0.39 is 0 Å². The van der Waals surface area contributed by atoms with Crippen molar-refractivity contribution in [3.8, 4) is 0 Å². The van der Waals surface area contributed by atoms with Crippen molar-refractivity contribution in [2.45, 2.75) is 144 Å². The van der Waals surface area contributed by atoms with E-state index in [2.05, 4.69) is 71.0 Å². The molecule has 0 aliphatic heterocycles. The zero-order valence-electron chi connectivity index (χ0n) is 25.8. The van der Waals surface area contributed by atoms with E-state index in [0.29, 0.717) is 0 Å². The Morgan fingerprint density at radius 1 is 0.538 bits per heavy atom. The van der Waals surface area contributed by atoms with E-state index in [4.69, 9.17) is 9.98 Å². The molecule has 0 atom stereocenters. The fourth-order valence-corrected chi connectivity index (χ4v) is 4.99. The molecule has 2 aromatic carbocycles. The van der Waals surface area contributed by atoms with Crippen molar-refractivity contribution in [1.29, 1.82) is 0 Å². The number of aryl methyl sites for hydroxylation is 4. The van der Waals surface area contributed by atoms with Crippen LogP contribution in [0.1, 0.15) is 140 Å². The maximum atomic E-state index is 5.16. The zero-order chi connectivity index (χ0) is 27.4. The molecule has 0 N–H and O–H groups in total. The Kier molecular flexibility index (Phi) is 19.9. The molecule has 0 amide bonds. The van der Waals surface area contributed by atoms with Crippen molar-refractivity contribution < 1.29 is 16.5 Å². The van der Waals surface area contributed by atoms with E-state index in [-0.39, 0.29) is 16.5 Å². The van der Waals surface area contributed by atoms with Crippen LogP contribution in [0.2, 0.25) is 0 Å². The molecule has 0 saturated carbocycles. The number of hydrogen-bond acceptors (Lipinski definition) is 2. The van der Waals surface area contributed by atoms with Crippen LogP contribution in [0, 0.1) is 0 Å². The molecular formula is C36H56N2Ni. The van der Waals surface area contributed by atoms with Crippen LogP contribution in [0.4, 0.5) is 11.4 Å². The third-order valence-corrected chi connectivity index (χ3v) is 7.50. The summed E-state index contributed by atoms with van der Waals surface area (Å²) in [6.45, 7) is 11.4. The second kappa shape index (κ2) is 22.0. The van der Waals surface area contributed by atoms with Crippen LogP contribution >= 0.6 is 0 Å². The third kappa shape index (κ3) is 13.9. The molecule has 0 bridgehead atoms. The number of hydrogen-bond donors (Lipinski definition) is 0. The van der Waals surface area contributed by atoms with E-state index in [1.807, 2.05) is 6.21 Å². The van der Waals surface area contributed by atoms with Gasteiger partial charge in [-0.15, -0.1) is 0 Å². The summed E-state index contributed by atoms with van der Waals surface area (Å²) >= 11 is 0. The first-order chi connectivity index (χ1) is 18.6. The first kappa shape index (κ1) is 35.3. The second-order valence-corrected chi connectivity index (χ2v) is 11.0. The monoisotopic (exact) mass is 574 g/mol. The molecule has 0 radical (unpaired) electrons. The van der Waals surface area contributed by atoms with Gasteiger partial charge in [0.05, 0.1) is 17.1 Å². The van der Waals surface area contributed by atoms with Crippen LogP contribution in [0.3, 0.4) is 0 Å². The molecule has 220 valence electrons. The Hall–Kier alpha value is -1.73. The van der Waals surface area contributed by atoms with Crippen LogP contribution in [-0.2, 0) is 42.2 Å². The van der Waals surface area contributed by atoms with Crippen molar-refractivity contribution in [3.63, 3.8) is 0 Å². The summed E-state index contributed by atoms with van der Waals surface area (Å²) in [6, 6.07) is 13.8. The van der Waals surface area contributed by atoms with Gasteiger partial charge in [-0.2, -0.15) is 0 Å². The second-order valence-electron chi connectivity index (χ2n) is 11.0. The van der Waals surface area contributed by atoms with Crippen LogP contribution in [-0.4, -0.2) is 11.9 Å². The minimum absolute atomic E-state index is 0. The molecule has 2 nitrogen and oxygen atoms in total. The first-order valence-electron chi connectivity index (χ1n) is 16.0. The van der Waals surface area contributed by atoms with Crippen molar-refractivity contribution in [2.75, 3.05) is 0 Å². The summed E-state index contributed by atoms with van der Waals surface area (Å²) < 4.78 is 0. The minimum atomic E-state index is 0. The molecule has 3 heteroatoms. The van der Waals surface area contributed by atoms with Crippen molar-refractivity contribution in [3.05, 3.63) is 58.7 Å². The first-order valence-corrected chi connectivity index (χ1v) is 16.0. The zero-order valence-corrected chi connectivity index (χ0v) is 26.8. The van der Waals surface area contributed by atoms with Crippen LogP contribution in [0.5, 0.6) is 0 Å². The summed E-state index contributed by atoms with van der Waals surface area (Å²) in [5.41, 5.74) is 9.26. The summed E-state index contributed by atoms with van der Waals surface area (Å²) in [7, 11) is 0. The SMILES string of the molecule is CCCCCCC(/C=N/c1ccc(CCCC)c(CCCC)c1)=N\c1ccc(CCCC)c(CCCC)c1.[Ni]. The molecule has 0 heterocycles. The van der Waals surface area contributed by atoms with Gasteiger partial charge in [0.15, 0.2) is 0 Å². The predicted octanol–water partition coefficient (Wildman–Crippen LogP) is 11.5. The van der Waals surface area contributed by atoms with E-state index in [1.165, 1.54) is 112 Å². The minimum Gasteiger partial charge on any atom is -0.255 e.